The Labute approximate surface area is 205 Å². The van der Waals surface area contributed by atoms with Gasteiger partial charge in [-0.05, 0) is 36.1 Å². The van der Waals surface area contributed by atoms with Crippen molar-refractivity contribution in [2.75, 3.05) is 23.0 Å². The maximum atomic E-state index is 14.7. The van der Waals surface area contributed by atoms with Crippen LogP contribution in [0.3, 0.4) is 0 Å². The Kier molecular flexibility index (Phi) is 6.31. The van der Waals surface area contributed by atoms with Gasteiger partial charge in [0.1, 0.15) is 6.34 Å². The number of nitrogens with one attached hydrogen (secondary N) is 2. The van der Waals surface area contributed by atoms with Gasteiger partial charge in [-0.3, -0.25) is 9.81 Å². The summed E-state index contributed by atoms with van der Waals surface area (Å²) >= 11 is 0. The van der Waals surface area contributed by atoms with Crippen LogP contribution in [0.4, 0.5) is 16.0 Å². The zero-order valence-corrected chi connectivity index (χ0v) is 19.5. The van der Waals surface area contributed by atoms with Crippen LogP contribution < -0.4 is 14.6 Å². The van der Waals surface area contributed by atoms with Gasteiger partial charge in [-0.25, -0.2) is 29.3 Å². The lowest BCUT2D eigenvalue weighted by Gasteiger charge is -2.26. The fraction of sp³-hybridized carbons (Fsp3) is 0.208. The van der Waals surface area contributed by atoms with E-state index in [0.29, 0.717) is 18.1 Å². The van der Waals surface area contributed by atoms with Crippen molar-refractivity contribution in [1.29, 1.82) is 10.9 Å². The summed E-state index contributed by atoms with van der Waals surface area (Å²) in [5.41, 5.74) is 10.9. The highest BCUT2D eigenvalue weighted by Crippen LogP contribution is 2.31. The number of aromatic nitrogens is 5. The van der Waals surface area contributed by atoms with E-state index in [1.165, 1.54) is 12.1 Å². The molecule has 4 aromatic rings. The molecular formula is C24H23FN10O. The molecule has 182 valence electrons. The number of hydrogen-bond acceptors (Lipinski definition) is 9. The van der Waals surface area contributed by atoms with Crippen LogP contribution in [-0.2, 0) is 6.42 Å². The molecule has 2 N–H and O–H groups in total. The molecule has 3 aromatic heterocycles. The molecule has 0 saturated heterocycles. The van der Waals surface area contributed by atoms with E-state index in [-0.39, 0.29) is 17.3 Å². The van der Waals surface area contributed by atoms with Gasteiger partial charge in [-0.1, -0.05) is 18.2 Å². The van der Waals surface area contributed by atoms with Gasteiger partial charge in [-0.2, -0.15) is 5.53 Å². The van der Waals surface area contributed by atoms with Crippen molar-refractivity contribution in [3.8, 4) is 11.6 Å². The number of aryl methyl sites for hydroxylation is 1. The van der Waals surface area contributed by atoms with Crippen LogP contribution in [0.1, 0.15) is 24.6 Å². The van der Waals surface area contributed by atoms with Crippen LogP contribution >= 0.6 is 0 Å². The predicted molar refractivity (Wildman–Crippen MR) is 132 cm³/mol. The highest BCUT2D eigenvalue weighted by Gasteiger charge is 2.20. The highest BCUT2D eigenvalue weighted by atomic mass is 19.1. The molecule has 0 amide bonds. The number of benzene rings is 1. The number of anilines is 2. The van der Waals surface area contributed by atoms with Crippen molar-refractivity contribution in [3.05, 3.63) is 72.3 Å². The molecule has 5 rings (SSSR count). The van der Waals surface area contributed by atoms with Crippen molar-refractivity contribution in [1.82, 2.24) is 24.3 Å². The van der Waals surface area contributed by atoms with Gasteiger partial charge in [-0.15, -0.1) is 0 Å². The second-order valence-electron chi connectivity index (χ2n) is 8.03. The Morgan fingerprint density at radius 1 is 1.19 bits per heavy atom. The number of nitrogens with zero attached hydrogens (tertiary/aromatic N) is 8. The Morgan fingerprint density at radius 2 is 2.03 bits per heavy atom. The van der Waals surface area contributed by atoms with E-state index in [9.17, 15) is 4.39 Å². The van der Waals surface area contributed by atoms with Gasteiger partial charge in [0.2, 0.25) is 11.6 Å². The molecule has 1 aliphatic heterocycles. The van der Waals surface area contributed by atoms with Gasteiger partial charge >= 0.3 is 0 Å². The molecule has 0 bridgehead atoms. The summed E-state index contributed by atoms with van der Waals surface area (Å²) < 4.78 is 22.3. The van der Waals surface area contributed by atoms with Gasteiger partial charge < -0.3 is 9.64 Å². The van der Waals surface area contributed by atoms with E-state index in [1.54, 1.807) is 18.6 Å². The van der Waals surface area contributed by atoms with Crippen molar-refractivity contribution >= 4 is 29.2 Å². The van der Waals surface area contributed by atoms with Crippen LogP contribution in [0.25, 0.3) is 11.2 Å². The first-order chi connectivity index (χ1) is 17.6. The monoisotopic (exact) mass is 486 g/mol. The minimum Gasteiger partial charge on any atom is -0.433 e. The molecule has 12 heteroatoms. The average Bonchev–Trinajstić information content (AvgIpc) is 3.36. The van der Waals surface area contributed by atoms with Gasteiger partial charge in [0.15, 0.2) is 11.6 Å². The molecule has 4 heterocycles. The Bertz CT molecular complexity index is 1440. The zero-order valence-electron chi connectivity index (χ0n) is 19.5. The fourth-order valence-electron chi connectivity index (χ4n) is 3.96. The number of rotatable bonds is 8. The van der Waals surface area contributed by atoms with Crippen molar-refractivity contribution < 1.29 is 9.13 Å². The second-order valence-corrected chi connectivity index (χ2v) is 8.03. The third-order valence-electron chi connectivity index (χ3n) is 5.93. The van der Waals surface area contributed by atoms with E-state index < -0.39 is 5.82 Å². The molecule has 1 aliphatic rings. The Morgan fingerprint density at radius 3 is 2.69 bits per heavy atom. The number of ether oxygens (including phenoxy) is 1. The van der Waals surface area contributed by atoms with E-state index in [0.717, 1.165) is 53.6 Å². The first-order valence-corrected chi connectivity index (χ1v) is 11.3. The standard InChI is InChI=1S/C24H23FN10O/c1-2-16-12-30-24(31-13-16)33-8-5-17(6-9-33)20-14-29-22-23(28-7-10-34(20)22)36-21-4-3-18(11-19(21)25)35(15-26)32-27/h3-5,7,10-15,26-27H,2,6,8-9H2,1H3. The summed E-state index contributed by atoms with van der Waals surface area (Å²) in [6.45, 7) is 3.53. The normalized spacial score (nSPS) is 13.4. The SMILES string of the molecule is CCc1cnc(N2CC=C(c3cnc4c(Oc5ccc(N(C=N)N=N)cc5F)nccn34)CC2)nc1. The molecule has 11 nitrogen and oxygen atoms in total. The second kappa shape index (κ2) is 9.86. The molecule has 0 unspecified atom stereocenters. The van der Waals surface area contributed by atoms with Crippen LogP contribution in [0.5, 0.6) is 11.6 Å². The van der Waals surface area contributed by atoms with E-state index in [4.69, 9.17) is 15.7 Å². The van der Waals surface area contributed by atoms with Crippen LogP contribution in [0.2, 0.25) is 0 Å². The van der Waals surface area contributed by atoms with Crippen LogP contribution in [0.15, 0.2) is 60.5 Å². The summed E-state index contributed by atoms with van der Waals surface area (Å²) in [5, 5.41) is 11.3. The number of hydrogen-bond donors (Lipinski definition) is 2. The smallest absolute Gasteiger partial charge is 0.263 e. The lowest BCUT2D eigenvalue weighted by molar-refractivity contribution is 0.429. The molecule has 0 fully saturated rings. The summed E-state index contributed by atoms with van der Waals surface area (Å²) in [6.07, 6.45) is 13.5. The zero-order chi connectivity index (χ0) is 25.1. The minimum atomic E-state index is -0.678. The Hall–Kier alpha value is -4.74. The number of fused-ring (bicyclic) bond motifs is 1. The molecular weight excluding hydrogens is 463 g/mol. The summed E-state index contributed by atoms with van der Waals surface area (Å²) in [4.78, 5) is 19.8. The van der Waals surface area contributed by atoms with Crippen molar-refractivity contribution in [3.63, 3.8) is 0 Å². The van der Waals surface area contributed by atoms with E-state index in [1.807, 2.05) is 16.8 Å². The van der Waals surface area contributed by atoms with E-state index >= 15 is 0 Å². The molecule has 0 radical (unpaired) electrons. The summed E-state index contributed by atoms with van der Waals surface area (Å²) in [5.74, 6) is 0.143. The molecule has 0 aliphatic carbocycles. The molecule has 0 spiro atoms. The quantitative estimate of drug-likeness (QED) is 0.160. The summed E-state index contributed by atoms with van der Waals surface area (Å²) in [7, 11) is 0. The third-order valence-corrected chi connectivity index (χ3v) is 5.93. The van der Waals surface area contributed by atoms with Crippen LogP contribution in [0, 0.1) is 16.8 Å². The fourth-order valence-corrected chi connectivity index (χ4v) is 3.96. The topological polar surface area (TPSA) is 132 Å². The predicted octanol–water partition coefficient (Wildman–Crippen LogP) is 4.67. The molecule has 36 heavy (non-hydrogen) atoms. The maximum absolute atomic E-state index is 14.7. The maximum Gasteiger partial charge on any atom is 0.263 e. The Balaban J connectivity index is 1.37. The average molecular weight is 487 g/mol. The van der Waals surface area contributed by atoms with Crippen molar-refractivity contribution in [2.45, 2.75) is 19.8 Å². The van der Waals surface area contributed by atoms with Gasteiger partial charge in [0.05, 0.1) is 17.6 Å². The third kappa shape index (κ3) is 4.35. The lowest BCUT2D eigenvalue weighted by atomic mass is 10.1. The molecule has 1 aromatic carbocycles. The minimum absolute atomic E-state index is 0.0552. The van der Waals surface area contributed by atoms with Crippen LogP contribution in [-0.4, -0.2) is 43.8 Å². The van der Waals surface area contributed by atoms with Gasteiger partial charge in [0.25, 0.3) is 5.88 Å². The first kappa shape index (κ1) is 23.0. The van der Waals surface area contributed by atoms with E-state index in [2.05, 4.69) is 43.1 Å². The number of halogens is 1. The molecule has 0 saturated carbocycles. The number of imidazole rings is 1. The lowest BCUT2D eigenvalue weighted by Crippen LogP contribution is -2.30. The first-order valence-electron chi connectivity index (χ1n) is 11.3. The largest absolute Gasteiger partial charge is 0.433 e. The van der Waals surface area contributed by atoms with Gasteiger partial charge in [0, 0.05) is 43.9 Å². The summed E-state index contributed by atoms with van der Waals surface area (Å²) in [6, 6.07) is 4.03. The molecule has 0 atom stereocenters. The van der Waals surface area contributed by atoms with Crippen molar-refractivity contribution in [2.24, 2.45) is 5.22 Å². The highest BCUT2D eigenvalue weighted by molar-refractivity contribution is 5.76.